The fourth-order valence-electron chi connectivity index (χ4n) is 0.740. The molecule has 1 rings (SSSR count). The second kappa shape index (κ2) is 3.60. The van der Waals surface area contributed by atoms with Crippen molar-refractivity contribution in [2.45, 2.75) is 5.82 Å². The average molecular weight is 197 g/mol. The first kappa shape index (κ1) is 7.58. The van der Waals surface area contributed by atoms with E-state index in [9.17, 15) is 0 Å². The SMILES string of the molecule is C=Cc1ccc([Se]C)cc1. The van der Waals surface area contributed by atoms with Gasteiger partial charge in [-0.2, -0.15) is 0 Å². The van der Waals surface area contributed by atoms with Crippen LogP contribution in [0.4, 0.5) is 0 Å². The molecule has 0 N–H and O–H groups in total. The first-order valence-electron chi connectivity index (χ1n) is 3.13. The first-order valence-corrected chi connectivity index (χ1v) is 5.70. The van der Waals surface area contributed by atoms with E-state index in [-0.39, 0.29) is 0 Å². The van der Waals surface area contributed by atoms with Crippen LogP contribution in [0.15, 0.2) is 30.8 Å². The van der Waals surface area contributed by atoms with Gasteiger partial charge in [0.25, 0.3) is 0 Å². The summed E-state index contributed by atoms with van der Waals surface area (Å²) in [6.45, 7) is 3.69. The van der Waals surface area contributed by atoms with Gasteiger partial charge in [0.15, 0.2) is 0 Å². The van der Waals surface area contributed by atoms with Gasteiger partial charge in [-0.25, -0.2) is 0 Å². The third-order valence-corrected chi connectivity index (χ3v) is 2.91. The summed E-state index contributed by atoms with van der Waals surface area (Å²) in [5, 5.41) is 0. The van der Waals surface area contributed by atoms with Crippen LogP contribution in [-0.2, 0) is 0 Å². The Hall–Kier alpha value is -0.521. The van der Waals surface area contributed by atoms with Crippen molar-refractivity contribution >= 4 is 25.5 Å². The number of hydrogen-bond acceptors (Lipinski definition) is 0. The summed E-state index contributed by atoms with van der Waals surface area (Å²) < 4.78 is 1.44. The Balaban J connectivity index is 2.90. The van der Waals surface area contributed by atoms with E-state index in [4.69, 9.17) is 0 Å². The van der Waals surface area contributed by atoms with Crippen molar-refractivity contribution in [2.24, 2.45) is 0 Å². The number of rotatable bonds is 2. The summed E-state index contributed by atoms with van der Waals surface area (Å²) >= 11 is 0.625. The summed E-state index contributed by atoms with van der Waals surface area (Å²) in [7, 11) is 0. The minimum atomic E-state index is 0.625. The van der Waals surface area contributed by atoms with Crippen molar-refractivity contribution in [3.8, 4) is 0 Å². The van der Waals surface area contributed by atoms with Gasteiger partial charge in [-0.15, -0.1) is 0 Å². The maximum atomic E-state index is 3.69. The van der Waals surface area contributed by atoms with Gasteiger partial charge in [-0.3, -0.25) is 0 Å². The third-order valence-electron chi connectivity index (χ3n) is 1.35. The predicted molar refractivity (Wildman–Crippen MR) is 47.8 cm³/mol. The molecule has 0 atom stereocenters. The zero-order valence-corrected chi connectivity index (χ0v) is 7.72. The first-order chi connectivity index (χ1) is 4.86. The Kier molecular flexibility index (Phi) is 2.73. The molecule has 1 aromatic rings. The van der Waals surface area contributed by atoms with E-state index in [0.717, 1.165) is 0 Å². The molecule has 10 heavy (non-hydrogen) atoms. The molecule has 0 heterocycles. The molecule has 0 nitrogen and oxygen atoms in total. The summed E-state index contributed by atoms with van der Waals surface area (Å²) in [5.41, 5.74) is 1.20. The van der Waals surface area contributed by atoms with Crippen LogP contribution in [0.5, 0.6) is 0 Å². The van der Waals surface area contributed by atoms with Crippen LogP contribution in [0.2, 0.25) is 5.82 Å². The molecular weight excluding hydrogens is 187 g/mol. The normalized spacial score (nSPS) is 9.30. The van der Waals surface area contributed by atoms with E-state index >= 15 is 0 Å². The van der Waals surface area contributed by atoms with Gasteiger partial charge < -0.3 is 0 Å². The summed E-state index contributed by atoms with van der Waals surface area (Å²) in [6, 6.07) is 8.54. The molecule has 0 radical (unpaired) electrons. The molecule has 0 aliphatic rings. The summed E-state index contributed by atoms with van der Waals surface area (Å²) in [4.78, 5) is 0. The molecule has 0 amide bonds. The van der Waals surface area contributed by atoms with Crippen molar-refractivity contribution in [1.29, 1.82) is 0 Å². The van der Waals surface area contributed by atoms with E-state index in [1.807, 2.05) is 6.08 Å². The predicted octanol–water partition coefficient (Wildman–Crippen LogP) is 1.71. The topological polar surface area (TPSA) is 0 Å². The second-order valence-electron chi connectivity index (χ2n) is 1.98. The molecule has 1 heteroatoms. The zero-order chi connectivity index (χ0) is 7.40. The Morgan fingerprint density at radius 3 is 2.30 bits per heavy atom. The van der Waals surface area contributed by atoms with Crippen molar-refractivity contribution < 1.29 is 0 Å². The van der Waals surface area contributed by atoms with Gasteiger partial charge in [-0.05, 0) is 0 Å². The zero-order valence-electron chi connectivity index (χ0n) is 6.00. The number of benzene rings is 1. The van der Waals surface area contributed by atoms with Gasteiger partial charge in [-0.1, -0.05) is 0 Å². The van der Waals surface area contributed by atoms with Crippen LogP contribution in [0, 0.1) is 0 Å². The molecule has 0 unspecified atom stereocenters. The molecule has 0 aliphatic heterocycles. The van der Waals surface area contributed by atoms with E-state index in [1.165, 1.54) is 10.0 Å². The molecule has 0 bridgehead atoms. The van der Waals surface area contributed by atoms with E-state index in [2.05, 4.69) is 36.7 Å². The molecule has 1 aromatic carbocycles. The Morgan fingerprint density at radius 1 is 1.30 bits per heavy atom. The molecule has 0 spiro atoms. The van der Waals surface area contributed by atoms with E-state index in [0.29, 0.717) is 15.0 Å². The Bertz CT molecular complexity index is 211. The van der Waals surface area contributed by atoms with Gasteiger partial charge in [0.05, 0.1) is 0 Å². The Labute approximate surface area is 68.1 Å². The van der Waals surface area contributed by atoms with Crippen LogP contribution < -0.4 is 4.46 Å². The van der Waals surface area contributed by atoms with Crippen LogP contribution in [-0.4, -0.2) is 15.0 Å². The minimum absolute atomic E-state index is 0.625. The second-order valence-corrected chi connectivity index (χ2v) is 3.82. The summed E-state index contributed by atoms with van der Waals surface area (Å²) in [5.74, 6) is 2.22. The van der Waals surface area contributed by atoms with Crippen LogP contribution in [0.1, 0.15) is 5.56 Å². The van der Waals surface area contributed by atoms with E-state index in [1.54, 1.807) is 0 Å². The molecule has 0 fully saturated rings. The fourth-order valence-corrected chi connectivity index (χ4v) is 1.60. The molecular formula is C9H10Se. The molecule has 0 aliphatic carbocycles. The van der Waals surface area contributed by atoms with Crippen molar-refractivity contribution in [3.63, 3.8) is 0 Å². The fraction of sp³-hybridized carbons (Fsp3) is 0.111. The van der Waals surface area contributed by atoms with Crippen molar-refractivity contribution in [3.05, 3.63) is 36.4 Å². The van der Waals surface area contributed by atoms with Crippen LogP contribution in [0.25, 0.3) is 6.08 Å². The van der Waals surface area contributed by atoms with Gasteiger partial charge >= 0.3 is 67.7 Å². The number of hydrogen-bond donors (Lipinski definition) is 0. The Morgan fingerprint density at radius 2 is 1.90 bits per heavy atom. The molecule has 0 aromatic heterocycles. The van der Waals surface area contributed by atoms with Gasteiger partial charge in [0.2, 0.25) is 0 Å². The van der Waals surface area contributed by atoms with Crippen LogP contribution in [0.3, 0.4) is 0 Å². The quantitative estimate of drug-likeness (QED) is 0.633. The molecule has 52 valence electrons. The standard InChI is InChI=1S/C9H10Se/c1-3-8-4-6-9(10-2)7-5-8/h3-7H,1H2,2H3. The van der Waals surface area contributed by atoms with Crippen molar-refractivity contribution in [2.75, 3.05) is 0 Å². The molecule has 0 saturated carbocycles. The maximum absolute atomic E-state index is 3.69. The van der Waals surface area contributed by atoms with Gasteiger partial charge in [0.1, 0.15) is 0 Å². The average Bonchev–Trinajstić information content (AvgIpc) is 2.05. The molecule has 0 saturated heterocycles. The monoisotopic (exact) mass is 198 g/mol. The van der Waals surface area contributed by atoms with E-state index < -0.39 is 0 Å². The van der Waals surface area contributed by atoms with Gasteiger partial charge in [0, 0.05) is 0 Å². The van der Waals surface area contributed by atoms with Crippen LogP contribution >= 0.6 is 0 Å². The van der Waals surface area contributed by atoms with Crippen molar-refractivity contribution in [1.82, 2.24) is 0 Å². The third kappa shape index (κ3) is 1.73. The summed E-state index contributed by atoms with van der Waals surface area (Å²) in [6.07, 6.45) is 1.87.